The first kappa shape index (κ1) is 22.2. The van der Waals surface area contributed by atoms with Crippen molar-refractivity contribution >= 4 is 12.3 Å². The average Bonchev–Trinajstić information content (AvgIpc) is 2.72. The van der Waals surface area contributed by atoms with Gasteiger partial charge in [0.05, 0.1) is 20.8 Å². The predicted molar refractivity (Wildman–Crippen MR) is 111 cm³/mol. The summed E-state index contributed by atoms with van der Waals surface area (Å²) in [6, 6.07) is 10.5. The molecule has 0 unspecified atom stereocenters. The Kier molecular flexibility index (Phi) is 8.03. The Labute approximate surface area is 171 Å². The van der Waals surface area contributed by atoms with Crippen molar-refractivity contribution in [1.29, 1.82) is 0 Å². The highest BCUT2D eigenvalue weighted by atomic mass is 16.5. The quantitative estimate of drug-likeness (QED) is 0.572. The highest BCUT2D eigenvalue weighted by Gasteiger charge is 2.21. The van der Waals surface area contributed by atoms with E-state index in [-0.39, 0.29) is 6.54 Å². The van der Waals surface area contributed by atoms with Gasteiger partial charge in [0.25, 0.3) is 5.91 Å². The first-order valence-corrected chi connectivity index (χ1v) is 9.25. The predicted octanol–water partition coefficient (Wildman–Crippen LogP) is 2.75. The Bertz CT molecular complexity index is 851. The minimum absolute atomic E-state index is 0.0840. The Morgan fingerprint density at radius 1 is 1.07 bits per heavy atom. The first-order chi connectivity index (χ1) is 13.9. The molecule has 0 heterocycles. The third-order valence-corrected chi connectivity index (χ3v) is 4.53. The number of hydrogen-bond donors (Lipinski definition) is 0. The molecule has 0 aliphatic heterocycles. The second kappa shape index (κ2) is 10.5. The fourth-order valence-corrected chi connectivity index (χ4v) is 2.82. The molecule has 7 heteroatoms. The second-order valence-electron chi connectivity index (χ2n) is 6.80. The maximum absolute atomic E-state index is 13.0. The van der Waals surface area contributed by atoms with E-state index >= 15 is 0 Å². The summed E-state index contributed by atoms with van der Waals surface area (Å²) in [5.41, 5.74) is 1.82. The molecule has 0 aliphatic carbocycles. The molecule has 0 fully saturated rings. The summed E-state index contributed by atoms with van der Waals surface area (Å²) in [7, 11) is 7.02. The van der Waals surface area contributed by atoms with E-state index in [0.29, 0.717) is 47.0 Å². The number of imide groups is 1. The van der Waals surface area contributed by atoms with Gasteiger partial charge in [-0.3, -0.25) is 14.5 Å². The molecule has 0 spiro atoms. The fourth-order valence-electron chi connectivity index (χ4n) is 2.82. The molecule has 7 nitrogen and oxygen atoms in total. The summed E-state index contributed by atoms with van der Waals surface area (Å²) in [5, 5.41) is 0. The van der Waals surface area contributed by atoms with E-state index in [1.807, 2.05) is 32.0 Å². The van der Waals surface area contributed by atoms with Gasteiger partial charge >= 0.3 is 0 Å². The third kappa shape index (κ3) is 5.71. The summed E-state index contributed by atoms with van der Waals surface area (Å²) in [5.74, 6) is 1.41. The minimum atomic E-state index is -0.395. The van der Waals surface area contributed by atoms with Crippen molar-refractivity contribution in [2.75, 3.05) is 41.5 Å². The molecule has 0 radical (unpaired) electrons. The molecule has 0 atom stereocenters. The molecule has 0 aromatic heterocycles. The van der Waals surface area contributed by atoms with Crippen LogP contribution in [0.2, 0.25) is 0 Å². The van der Waals surface area contributed by atoms with Crippen LogP contribution in [0.25, 0.3) is 0 Å². The summed E-state index contributed by atoms with van der Waals surface area (Å²) >= 11 is 0. The van der Waals surface area contributed by atoms with Crippen LogP contribution < -0.4 is 14.2 Å². The average molecular weight is 400 g/mol. The lowest BCUT2D eigenvalue weighted by Crippen LogP contribution is -2.30. The Morgan fingerprint density at radius 3 is 2.45 bits per heavy atom. The zero-order chi connectivity index (χ0) is 21.4. The minimum Gasteiger partial charge on any atom is -0.497 e. The molecule has 2 rings (SSSR count). The molecular formula is C22H28N2O5. The van der Waals surface area contributed by atoms with E-state index in [1.165, 1.54) is 7.11 Å². The van der Waals surface area contributed by atoms with Crippen LogP contribution in [0.3, 0.4) is 0 Å². The topological polar surface area (TPSA) is 68.3 Å². The van der Waals surface area contributed by atoms with Crippen molar-refractivity contribution in [3.8, 4) is 17.2 Å². The number of benzene rings is 2. The number of ether oxygens (including phenoxy) is 3. The van der Waals surface area contributed by atoms with Gasteiger partial charge in [0.15, 0.2) is 0 Å². The highest BCUT2D eigenvalue weighted by Crippen LogP contribution is 2.27. The van der Waals surface area contributed by atoms with E-state index < -0.39 is 5.91 Å². The Hall–Kier alpha value is -3.06. The molecule has 2 amide bonds. The number of nitrogens with zero attached hydrogens (tertiary/aromatic N) is 2. The largest absolute Gasteiger partial charge is 0.497 e. The van der Waals surface area contributed by atoms with Gasteiger partial charge in [-0.15, -0.1) is 0 Å². The zero-order valence-corrected chi connectivity index (χ0v) is 17.6. The Morgan fingerprint density at radius 2 is 1.83 bits per heavy atom. The summed E-state index contributed by atoms with van der Waals surface area (Å²) in [6.45, 7) is 3.16. The number of carbonyl (C=O) groups is 2. The number of carbonyl (C=O) groups excluding carboxylic acids is 2. The molecule has 0 saturated heterocycles. The van der Waals surface area contributed by atoms with Gasteiger partial charge in [-0.05, 0) is 45.3 Å². The summed E-state index contributed by atoms with van der Waals surface area (Å²) < 4.78 is 16.4. The van der Waals surface area contributed by atoms with Crippen LogP contribution in [0.1, 0.15) is 21.5 Å². The zero-order valence-electron chi connectivity index (χ0n) is 17.6. The molecule has 0 bridgehead atoms. The monoisotopic (exact) mass is 400 g/mol. The standard InChI is InChI=1S/C22H28N2O5/c1-16-19(7-6-8-20(16)29-12-11-23(2)3)22(26)24(15-25)14-17-9-10-18(27-4)13-21(17)28-5/h6-10,13,15H,11-12,14H2,1-5H3. The van der Waals surface area contributed by atoms with Gasteiger partial charge in [0.1, 0.15) is 23.9 Å². The van der Waals surface area contributed by atoms with E-state index in [0.717, 1.165) is 11.4 Å². The number of likely N-dealkylation sites (N-methyl/N-ethyl adjacent to an activating group) is 1. The van der Waals surface area contributed by atoms with Crippen molar-refractivity contribution in [3.63, 3.8) is 0 Å². The van der Waals surface area contributed by atoms with Crippen molar-refractivity contribution in [3.05, 3.63) is 53.1 Å². The maximum atomic E-state index is 13.0. The molecule has 2 aromatic rings. The van der Waals surface area contributed by atoms with Crippen LogP contribution in [0, 0.1) is 6.92 Å². The van der Waals surface area contributed by atoms with E-state index in [1.54, 1.807) is 37.4 Å². The van der Waals surface area contributed by atoms with Crippen molar-refractivity contribution < 1.29 is 23.8 Å². The number of rotatable bonds is 10. The van der Waals surface area contributed by atoms with Crippen LogP contribution in [0.15, 0.2) is 36.4 Å². The van der Waals surface area contributed by atoms with Crippen LogP contribution in [-0.4, -0.2) is 63.6 Å². The molecule has 0 N–H and O–H groups in total. The SMILES string of the molecule is COc1ccc(CN(C=O)C(=O)c2cccc(OCCN(C)C)c2C)c(OC)c1. The lowest BCUT2D eigenvalue weighted by molar-refractivity contribution is -0.116. The number of amides is 2. The van der Waals surface area contributed by atoms with Gasteiger partial charge < -0.3 is 19.1 Å². The summed E-state index contributed by atoms with van der Waals surface area (Å²) in [6.07, 6.45) is 0.533. The molecule has 29 heavy (non-hydrogen) atoms. The smallest absolute Gasteiger partial charge is 0.260 e. The van der Waals surface area contributed by atoms with Crippen molar-refractivity contribution in [2.45, 2.75) is 13.5 Å². The molecular weight excluding hydrogens is 372 g/mol. The van der Waals surface area contributed by atoms with Gasteiger partial charge in [-0.2, -0.15) is 0 Å². The van der Waals surface area contributed by atoms with Gasteiger partial charge in [-0.25, -0.2) is 0 Å². The molecule has 0 saturated carbocycles. The van der Waals surface area contributed by atoms with Crippen LogP contribution in [0.5, 0.6) is 17.2 Å². The van der Waals surface area contributed by atoms with Crippen molar-refractivity contribution in [1.82, 2.24) is 9.80 Å². The van der Waals surface area contributed by atoms with E-state index in [4.69, 9.17) is 14.2 Å². The number of methoxy groups -OCH3 is 2. The van der Waals surface area contributed by atoms with Gasteiger partial charge in [0, 0.05) is 29.3 Å². The lowest BCUT2D eigenvalue weighted by Gasteiger charge is -2.20. The maximum Gasteiger partial charge on any atom is 0.260 e. The fraction of sp³-hybridized carbons (Fsp3) is 0.364. The van der Waals surface area contributed by atoms with Crippen LogP contribution in [-0.2, 0) is 11.3 Å². The highest BCUT2D eigenvalue weighted by molar-refractivity contribution is 6.01. The van der Waals surface area contributed by atoms with Crippen LogP contribution >= 0.6 is 0 Å². The lowest BCUT2D eigenvalue weighted by atomic mass is 10.1. The second-order valence-corrected chi connectivity index (χ2v) is 6.80. The molecule has 156 valence electrons. The van der Waals surface area contributed by atoms with Gasteiger partial charge in [0.2, 0.25) is 6.41 Å². The molecule has 0 aliphatic rings. The van der Waals surface area contributed by atoms with Crippen molar-refractivity contribution in [2.24, 2.45) is 0 Å². The van der Waals surface area contributed by atoms with Crippen LogP contribution in [0.4, 0.5) is 0 Å². The van der Waals surface area contributed by atoms with E-state index in [2.05, 4.69) is 0 Å². The Balaban J connectivity index is 2.22. The first-order valence-electron chi connectivity index (χ1n) is 9.25. The third-order valence-electron chi connectivity index (χ3n) is 4.53. The van der Waals surface area contributed by atoms with E-state index in [9.17, 15) is 9.59 Å². The molecule has 2 aromatic carbocycles. The van der Waals surface area contributed by atoms with Gasteiger partial charge in [-0.1, -0.05) is 6.07 Å². The summed E-state index contributed by atoms with van der Waals surface area (Å²) in [4.78, 5) is 27.9. The normalized spacial score (nSPS) is 10.6. The number of hydrogen-bond acceptors (Lipinski definition) is 6.